The van der Waals surface area contributed by atoms with Crippen molar-refractivity contribution in [3.8, 4) is 44.5 Å². The van der Waals surface area contributed by atoms with Crippen LogP contribution in [0.25, 0.3) is 77.2 Å². The molecule has 0 fully saturated rings. The van der Waals surface area contributed by atoms with Crippen LogP contribution < -0.4 is 0 Å². The lowest BCUT2D eigenvalue weighted by molar-refractivity contribution is 0.655. The Balaban J connectivity index is 0.818. The third-order valence-corrected chi connectivity index (χ3v) is 15.1. The number of furan rings is 1. The average Bonchev–Trinajstić information content (AvgIpc) is 3.99. The smallest absolute Gasteiger partial charge is 0.135 e. The fourth-order valence-corrected chi connectivity index (χ4v) is 11.6. The van der Waals surface area contributed by atoms with Gasteiger partial charge in [-0.25, -0.2) is 0 Å². The average molecular weight is 845 g/mol. The fourth-order valence-electron chi connectivity index (χ4n) is 11.6. The van der Waals surface area contributed by atoms with Gasteiger partial charge in [0.05, 0.1) is 0 Å². The number of benzene rings is 10. The first kappa shape index (κ1) is 38.7. The Bertz CT molecular complexity index is 3630. The highest BCUT2D eigenvalue weighted by atomic mass is 16.3. The summed E-state index contributed by atoms with van der Waals surface area (Å²) in [5.74, 6) is 0.467. The van der Waals surface area contributed by atoms with E-state index in [1.54, 1.807) is 0 Å². The molecule has 1 atom stereocenters. The van der Waals surface area contributed by atoms with Gasteiger partial charge in [0.2, 0.25) is 0 Å². The van der Waals surface area contributed by atoms with E-state index >= 15 is 0 Å². The Morgan fingerprint density at radius 2 is 0.985 bits per heavy atom. The Labute approximate surface area is 386 Å². The number of aryl methyl sites for hydroxylation is 1. The maximum atomic E-state index is 6.16. The first-order valence-electron chi connectivity index (χ1n) is 23.5. The summed E-state index contributed by atoms with van der Waals surface area (Å²) in [6.07, 6.45) is 1.97. The van der Waals surface area contributed by atoms with Crippen molar-refractivity contribution in [1.29, 1.82) is 0 Å². The van der Waals surface area contributed by atoms with Gasteiger partial charge >= 0.3 is 0 Å². The van der Waals surface area contributed by atoms with Gasteiger partial charge in [0.15, 0.2) is 0 Å². The summed E-state index contributed by atoms with van der Waals surface area (Å²) in [5, 5.41) is 4.85. The van der Waals surface area contributed by atoms with E-state index in [1.807, 2.05) is 12.1 Å². The van der Waals surface area contributed by atoms with Gasteiger partial charge in [0, 0.05) is 28.0 Å². The molecule has 1 aromatic heterocycles. The van der Waals surface area contributed by atoms with Crippen LogP contribution in [-0.4, -0.2) is 0 Å². The predicted molar refractivity (Wildman–Crippen MR) is 276 cm³/mol. The lowest BCUT2D eigenvalue weighted by Gasteiger charge is -2.24. The predicted octanol–water partition coefficient (Wildman–Crippen LogP) is 17.3. The van der Waals surface area contributed by atoms with Crippen molar-refractivity contribution in [2.24, 2.45) is 0 Å². The summed E-state index contributed by atoms with van der Waals surface area (Å²) < 4.78 is 6.16. The second-order valence-corrected chi connectivity index (χ2v) is 19.1. The number of fused-ring (bicyclic) bond motifs is 10. The molecule has 0 saturated heterocycles. The van der Waals surface area contributed by atoms with E-state index in [0.717, 1.165) is 34.8 Å². The van der Waals surface area contributed by atoms with Gasteiger partial charge in [-0.2, -0.15) is 0 Å². The lowest BCUT2D eigenvalue weighted by Crippen LogP contribution is -2.16. The van der Waals surface area contributed by atoms with Crippen molar-refractivity contribution in [1.82, 2.24) is 0 Å². The highest BCUT2D eigenvalue weighted by molar-refractivity contribution is 6.06. The summed E-state index contributed by atoms with van der Waals surface area (Å²) in [4.78, 5) is 0. The van der Waals surface area contributed by atoms with Gasteiger partial charge in [-0.3, -0.25) is 0 Å². The monoisotopic (exact) mass is 844 g/mol. The van der Waals surface area contributed by atoms with Gasteiger partial charge in [-0.1, -0.05) is 208 Å². The van der Waals surface area contributed by atoms with Crippen LogP contribution in [0.3, 0.4) is 0 Å². The van der Waals surface area contributed by atoms with E-state index in [2.05, 4.69) is 220 Å². The second-order valence-electron chi connectivity index (χ2n) is 19.1. The molecule has 11 aromatic rings. The molecule has 13 rings (SSSR count). The van der Waals surface area contributed by atoms with Gasteiger partial charge in [-0.05, 0) is 137 Å². The van der Waals surface area contributed by atoms with Crippen LogP contribution >= 0.6 is 0 Å². The third-order valence-electron chi connectivity index (χ3n) is 15.1. The zero-order valence-electron chi connectivity index (χ0n) is 37.3. The van der Waals surface area contributed by atoms with Crippen LogP contribution in [0, 0.1) is 0 Å². The number of hydrogen-bond acceptors (Lipinski definition) is 1. The van der Waals surface area contributed by atoms with Crippen molar-refractivity contribution in [2.75, 3.05) is 0 Å². The molecule has 314 valence electrons. The number of hydrogen-bond donors (Lipinski definition) is 0. The maximum Gasteiger partial charge on any atom is 0.135 e. The zero-order valence-corrected chi connectivity index (χ0v) is 37.3. The quantitative estimate of drug-likeness (QED) is 0.149. The summed E-state index contributed by atoms with van der Waals surface area (Å²) in [6.45, 7) is 4.85. The normalized spacial score (nSPS) is 14.0. The molecule has 1 heterocycles. The molecule has 0 aliphatic heterocycles. The van der Waals surface area contributed by atoms with Crippen LogP contribution in [0.4, 0.5) is 0 Å². The van der Waals surface area contributed by atoms with Gasteiger partial charge in [0.25, 0.3) is 0 Å². The van der Waals surface area contributed by atoms with Crippen molar-refractivity contribution >= 4 is 32.7 Å². The lowest BCUT2D eigenvalue weighted by atomic mass is 9.79. The van der Waals surface area contributed by atoms with E-state index in [0.29, 0.717) is 0 Å². The van der Waals surface area contributed by atoms with Crippen LogP contribution in [0.2, 0.25) is 0 Å². The first-order chi connectivity index (χ1) is 32.4. The molecule has 10 aromatic carbocycles. The zero-order chi connectivity index (χ0) is 43.9. The Morgan fingerprint density at radius 3 is 1.71 bits per heavy atom. The summed E-state index contributed by atoms with van der Waals surface area (Å²) in [6, 6.07) is 81.6. The first-order valence-corrected chi connectivity index (χ1v) is 23.5. The van der Waals surface area contributed by atoms with Gasteiger partial charge in [0.1, 0.15) is 11.2 Å². The molecule has 0 radical (unpaired) electrons. The molecule has 1 unspecified atom stereocenters. The third kappa shape index (κ3) is 6.29. The van der Waals surface area contributed by atoms with Crippen LogP contribution in [0.5, 0.6) is 0 Å². The fraction of sp³-hybridized carbons (Fsp3) is 0.108. The van der Waals surface area contributed by atoms with Crippen molar-refractivity contribution in [3.63, 3.8) is 0 Å². The second kappa shape index (κ2) is 15.2. The van der Waals surface area contributed by atoms with Crippen molar-refractivity contribution in [2.45, 2.75) is 43.9 Å². The summed E-state index contributed by atoms with van der Waals surface area (Å²) >= 11 is 0. The van der Waals surface area contributed by atoms with E-state index in [4.69, 9.17) is 4.42 Å². The minimum atomic E-state index is -0.117. The molecule has 0 bridgehead atoms. The van der Waals surface area contributed by atoms with Crippen LogP contribution in [0.15, 0.2) is 223 Å². The largest absolute Gasteiger partial charge is 0.456 e. The van der Waals surface area contributed by atoms with Gasteiger partial charge in [-0.15, -0.1) is 0 Å². The molecule has 2 aliphatic carbocycles. The van der Waals surface area contributed by atoms with Crippen molar-refractivity contribution < 1.29 is 4.42 Å². The van der Waals surface area contributed by atoms with E-state index in [1.165, 1.54) is 99.8 Å². The minimum absolute atomic E-state index is 0.117. The minimum Gasteiger partial charge on any atom is -0.456 e. The Hall–Kier alpha value is -7.74. The molecule has 0 spiro atoms. The Kier molecular flexibility index (Phi) is 8.90. The standard InChI is InChI=1S/C65H48O/c1-65(2)60-37-41(20-34-54(60)55-35-31-50(40-61(55)65)64-57-16-7-5-13-52(57)53-14-6-8-17-58(53)64)19-33-51(45-26-21-43(22-27-45)48-30-25-42-11-3-4-12-47(42)38-48)46-28-23-44(24-29-46)49-32-36-63-59(39-49)56-15-9-10-18-62(56)66-63/h3-18,20-32,34-40,51,64H,19,33H2,1-2H3. The van der Waals surface area contributed by atoms with Crippen LogP contribution in [-0.2, 0) is 11.8 Å². The Morgan fingerprint density at radius 1 is 0.424 bits per heavy atom. The van der Waals surface area contributed by atoms with E-state index in [-0.39, 0.29) is 17.3 Å². The molecule has 1 heteroatoms. The molecular weight excluding hydrogens is 797 g/mol. The van der Waals surface area contributed by atoms with Crippen LogP contribution in [0.1, 0.15) is 76.6 Å². The molecular formula is C65H48O. The SMILES string of the molecule is CC1(C)c2cc(CCC(c3ccc(-c4ccc5ccccc5c4)cc3)c3ccc(-c4ccc5oc6ccccc6c5c4)cc3)ccc2-c2ccc(C3c4ccccc4-c4ccccc43)cc21. The summed E-state index contributed by atoms with van der Waals surface area (Å²) in [5.41, 5.74) is 23.2. The summed E-state index contributed by atoms with van der Waals surface area (Å²) in [7, 11) is 0. The molecule has 66 heavy (non-hydrogen) atoms. The molecule has 2 aliphatic rings. The number of para-hydroxylation sites is 1. The van der Waals surface area contributed by atoms with Gasteiger partial charge < -0.3 is 4.42 Å². The van der Waals surface area contributed by atoms with Crippen molar-refractivity contribution in [3.05, 3.63) is 263 Å². The number of rotatable bonds is 8. The molecule has 0 saturated carbocycles. The van der Waals surface area contributed by atoms with E-state index in [9.17, 15) is 0 Å². The molecule has 0 amide bonds. The molecule has 1 nitrogen and oxygen atoms in total. The topological polar surface area (TPSA) is 13.1 Å². The highest BCUT2D eigenvalue weighted by Crippen LogP contribution is 2.53. The highest BCUT2D eigenvalue weighted by Gasteiger charge is 2.37. The maximum absolute atomic E-state index is 6.16. The van der Waals surface area contributed by atoms with E-state index < -0.39 is 0 Å². The molecule has 0 N–H and O–H groups in total.